The summed E-state index contributed by atoms with van der Waals surface area (Å²) < 4.78 is 5.29. The molecule has 0 saturated carbocycles. The van der Waals surface area contributed by atoms with Crippen LogP contribution in [0.4, 0.5) is 0 Å². The molecule has 5 heteroatoms. The van der Waals surface area contributed by atoms with E-state index in [1.54, 1.807) is 26.0 Å². The van der Waals surface area contributed by atoms with Crippen LogP contribution in [0.25, 0.3) is 0 Å². The quantitative estimate of drug-likeness (QED) is 0.819. The second-order valence-corrected chi connectivity index (χ2v) is 5.07. The number of carboxylic acid groups (broad SMARTS) is 1. The molecule has 1 aromatic carbocycles. The molecule has 0 radical (unpaired) electrons. The standard InChI is InChI=1S/C14H19NO4/c1-10-4-6-11(7-5-10)19-8-12(16)15-9-14(2,3)13(17)18/h4-7H,8-9H2,1-3H3,(H,15,16)(H,17,18). The topological polar surface area (TPSA) is 75.6 Å². The summed E-state index contributed by atoms with van der Waals surface area (Å²) in [5.74, 6) is -0.680. The summed E-state index contributed by atoms with van der Waals surface area (Å²) in [6.45, 7) is 5.01. The molecule has 0 aromatic heterocycles. The Morgan fingerprint density at radius 1 is 1.26 bits per heavy atom. The third kappa shape index (κ3) is 4.99. The molecule has 1 aromatic rings. The summed E-state index contributed by atoms with van der Waals surface area (Å²) in [4.78, 5) is 22.4. The highest BCUT2D eigenvalue weighted by Crippen LogP contribution is 2.13. The molecule has 104 valence electrons. The number of hydrogen-bond donors (Lipinski definition) is 2. The van der Waals surface area contributed by atoms with Gasteiger partial charge in [-0.2, -0.15) is 0 Å². The highest BCUT2D eigenvalue weighted by Gasteiger charge is 2.27. The van der Waals surface area contributed by atoms with E-state index in [-0.39, 0.29) is 19.1 Å². The second-order valence-electron chi connectivity index (χ2n) is 5.07. The Labute approximate surface area is 112 Å². The first-order valence-corrected chi connectivity index (χ1v) is 6.01. The molecule has 0 heterocycles. The van der Waals surface area contributed by atoms with Gasteiger partial charge in [-0.1, -0.05) is 17.7 Å². The van der Waals surface area contributed by atoms with Crippen molar-refractivity contribution in [2.45, 2.75) is 20.8 Å². The van der Waals surface area contributed by atoms with E-state index < -0.39 is 11.4 Å². The smallest absolute Gasteiger partial charge is 0.310 e. The molecule has 5 nitrogen and oxygen atoms in total. The minimum Gasteiger partial charge on any atom is -0.484 e. The number of nitrogens with one attached hydrogen (secondary N) is 1. The Bertz CT molecular complexity index is 451. The van der Waals surface area contributed by atoms with E-state index in [1.165, 1.54) is 0 Å². The van der Waals surface area contributed by atoms with Crippen LogP contribution in [0.3, 0.4) is 0 Å². The Kier molecular flexibility index (Phi) is 4.92. The lowest BCUT2D eigenvalue weighted by Gasteiger charge is -2.19. The van der Waals surface area contributed by atoms with Crippen LogP contribution < -0.4 is 10.1 Å². The van der Waals surface area contributed by atoms with E-state index in [0.29, 0.717) is 5.75 Å². The summed E-state index contributed by atoms with van der Waals surface area (Å²) in [5.41, 5.74) is 0.125. The number of rotatable bonds is 6. The van der Waals surface area contributed by atoms with Crippen molar-refractivity contribution >= 4 is 11.9 Å². The van der Waals surface area contributed by atoms with Crippen LogP contribution in [0.1, 0.15) is 19.4 Å². The minimum absolute atomic E-state index is 0.0679. The molecule has 0 aliphatic heterocycles. The molecule has 0 spiro atoms. The van der Waals surface area contributed by atoms with Gasteiger partial charge in [0.05, 0.1) is 5.41 Å². The molecule has 1 amide bonds. The van der Waals surface area contributed by atoms with E-state index >= 15 is 0 Å². The van der Waals surface area contributed by atoms with Gasteiger partial charge in [-0.25, -0.2) is 0 Å². The number of aliphatic carboxylic acids is 1. The number of ether oxygens (including phenoxy) is 1. The fourth-order valence-corrected chi connectivity index (χ4v) is 1.23. The van der Waals surface area contributed by atoms with Gasteiger partial charge in [0.25, 0.3) is 5.91 Å². The van der Waals surface area contributed by atoms with Crippen molar-refractivity contribution in [3.8, 4) is 5.75 Å². The number of aryl methyl sites for hydroxylation is 1. The number of carbonyl (C=O) groups is 2. The molecular weight excluding hydrogens is 246 g/mol. The van der Waals surface area contributed by atoms with Gasteiger partial charge >= 0.3 is 5.97 Å². The Hall–Kier alpha value is -2.04. The molecule has 1 rings (SSSR count). The lowest BCUT2D eigenvalue weighted by molar-refractivity contribution is -0.146. The Balaban J connectivity index is 2.36. The predicted molar refractivity (Wildman–Crippen MR) is 71.1 cm³/mol. The van der Waals surface area contributed by atoms with Crippen molar-refractivity contribution in [1.82, 2.24) is 5.32 Å². The average molecular weight is 265 g/mol. The number of carbonyl (C=O) groups excluding carboxylic acids is 1. The molecule has 0 bridgehead atoms. The zero-order valence-corrected chi connectivity index (χ0v) is 11.4. The Morgan fingerprint density at radius 3 is 2.37 bits per heavy atom. The minimum atomic E-state index is -0.987. The molecular formula is C14H19NO4. The molecule has 2 N–H and O–H groups in total. The van der Waals surface area contributed by atoms with E-state index in [2.05, 4.69) is 5.32 Å². The number of benzene rings is 1. The maximum absolute atomic E-state index is 11.5. The van der Waals surface area contributed by atoms with Crippen LogP contribution in [0, 0.1) is 12.3 Å². The molecule has 0 fully saturated rings. The van der Waals surface area contributed by atoms with Gasteiger partial charge in [0, 0.05) is 6.54 Å². The average Bonchev–Trinajstić information content (AvgIpc) is 2.35. The molecule has 0 atom stereocenters. The lowest BCUT2D eigenvalue weighted by atomic mass is 9.94. The van der Waals surface area contributed by atoms with E-state index in [9.17, 15) is 9.59 Å². The highest BCUT2D eigenvalue weighted by atomic mass is 16.5. The maximum atomic E-state index is 11.5. The second kappa shape index (κ2) is 6.22. The predicted octanol–water partition coefficient (Wildman–Crippen LogP) is 1.60. The summed E-state index contributed by atoms with van der Waals surface area (Å²) >= 11 is 0. The van der Waals surface area contributed by atoms with Gasteiger partial charge < -0.3 is 15.2 Å². The van der Waals surface area contributed by atoms with Gasteiger partial charge in [0.1, 0.15) is 5.75 Å². The van der Waals surface area contributed by atoms with Crippen molar-refractivity contribution < 1.29 is 19.4 Å². The van der Waals surface area contributed by atoms with E-state index in [0.717, 1.165) is 5.56 Å². The fourth-order valence-electron chi connectivity index (χ4n) is 1.23. The van der Waals surface area contributed by atoms with Gasteiger partial charge in [-0.15, -0.1) is 0 Å². The summed E-state index contributed by atoms with van der Waals surface area (Å²) in [6, 6.07) is 7.34. The largest absolute Gasteiger partial charge is 0.484 e. The van der Waals surface area contributed by atoms with Crippen molar-refractivity contribution in [1.29, 1.82) is 0 Å². The van der Waals surface area contributed by atoms with Crippen LogP contribution in [0.2, 0.25) is 0 Å². The third-order valence-electron chi connectivity index (χ3n) is 2.70. The third-order valence-corrected chi connectivity index (χ3v) is 2.70. The summed E-state index contributed by atoms with van der Waals surface area (Å²) in [6.07, 6.45) is 0. The van der Waals surface area contributed by atoms with Gasteiger partial charge in [0.15, 0.2) is 6.61 Å². The number of hydrogen-bond acceptors (Lipinski definition) is 3. The summed E-state index contributed by atoms with van der Waals surface area (Å²) in [7, 11) is 0. The monoisotopic (exact) mass is 265 g/mol. The number of carboxylic acids is 1. The van der Waals surface area contributed by atoms with Gasteiger partial charge in [-0.3, -0.25) is 9.59 Å². The van der Waals surface area contributed by atoms with Crippen molar-refractivity contribution in [3.63, 3.8) is 0 Å². The molecule has 19 heavy (non-hydrogen) atoms. The van der Waals surface area contributed by atoms with Crippen LogP contribution >= 0.6 is 0 Å². The van der Waals surface area contributed by atoms with Gasteiger partial charge in [-0.05, 0) is 32.9 Å². The SMILES string of the molecule is Cc1ccc(OCC(=O)NCC(C)(C)C(=O)O)cc1. The molecule has 0 saturated heterocycles. The zero-order chi connectivity index (χ0) is 14.5. The van der Waals surface area contributed by atoms with Crippen LogP contribution in [0.15, 0.2) is 24.3 Å². The first-order chi connectivity index (χ1) is 8.81. The van der Waals surface area contributed by atoms with Crippen molar-refractivity contribution in [2.75, 3.05) is 13.2 Å². The van der Waals surface area contributed by atoms with Crippen LogP contribution in [-0.4, -0.2) is 30.1 Å². The zero-order valence-electron chi connectivity index (χ0n) is 11.4. The number of amides is 1. The van der Waals surface area contributed by atoms with Crippen molar-refractivity contribution in [2.24, 2.45) is 5.41 Å². The van der Waals surface area contributed by atoms with Crippen LogP contribution in [-0.2, 0) is 9.59 Å². The van der Waals surface area contributed by atoms with Crippen LogP contribution in [0.5, 0.6) is 5.75 Å². The van der Waals surface area contributed by atoms with E-state index in [4.69, 9.17) is 9.84 Å². The lowest BCUT2D eigenvalue weighted by Crippen LogP contribution is -2.40. The maximum Gasteiger partial charge on any atom is 0.310 e. The normalized spacial score (nSPS) is 10.9. The molecule has 0 unspecified atom stereocenters. The highest BCUT2D eigenvalue weighted by molar-refractivity contribution is 5.79. The first-order valence-electron chi connectivity index (χ1n) is 6.01. The fraction of sp³-hybridized carbons (Fsp3) is 0.429. The van der Waals surface area contributed by atoms with Crippen molar-refractivity contribution in [3.05, 3.63) is 29.8 Å². The molecule has 0 aliphatic rings. The summed E-state index contributed by atoms with van der Waals surface area (Å²) in [5, 5.41) is 11.4. The van der Waals surface area contributed by atoms with E-state index in [1.807, 2.05) is 19.1 Å². The molecule has 0 aliphatic carbocycles. The van der Waals surface area contributed by atoms with Gasteiger partial charge in [0.2, 0.25) is 0 Å². The first kappa shape index (κ1) is 15.0. The Morgan fingerprint density at radius 2 is 1.84 bits per heavy atom.